The summed E-state index contributed by atoms with van der Waals surface area (Å²) in [4.78, 5) is 3.99. The van der Waals surface area contributed by atoms with Crippen molar-refractivity contribution in [3.63, 3.8) is 0 Å². The van der Waals surface area contributed by atoms with Crippen LogP contribution in [0.15, 0.2) is 42.7 Å². The van der Waals surface area contributed by atoms with Gasteiger partial charge in [0.1, 0.15) is 11.0 Å². The molecule has 0 bridgehead atoms. The van der Waals surface area contributed by atoms with Gasteiger partial charge in [0.25, 0.3) is 0 Å². The summed E-state index contributed by atoms with van der Waals surface area (Å²) >= 11 is 0. The van der Waals surface area contributed by atoms with Crippen molar-refractivity contribution in [2.24, 2.45) is 0 Å². The lowest BCUT2D eigenvalue weighted by atomic mass is 10.2. The Morgan fingerprint density at radius 2 is 1.94 bits per heavy atom. The lowest BCUT2D eigenvalue weighted by Crippen LogP contribution is -1.99. The maximum Gasteiger partial charge on any atom is 0.136 e. The predicted octanol–water partition coefficient (Wildman–Crippen LogP) is 1.96. The second kappa shape index (κ2) is 4.21. The fourth-order valence-corrected chi connectivity index (χ4v) is 1.71. The summed E-state index contributed by atoms with van der Waals surface area (Å²) in [6.07, 6.45) is 3.57. The summed E-state index contributed by atoms with van der Waals surface area (Å²) in [6, 6.07) is 9.84. The van der Waals surface area contributed by atoms with Crippen LogP contribution in [0.2, 0.25) is 0 Å². The highest BCUT2D eigenvalue weighted by Crippen LogP contribution is 2.19. The molecule has 0 saturated heterocycles. The van der Waals surface area contributed by atoms with Gasteiger partial charge < -0.3 is 5.32 Å². The Balaban J connectivity index is 1.84. The Morgan fingerprint density at radius 1 is 1.06 bits per heavy atom. The molecule has 3 aromatic rings. The molecule has 17 heavy (non-hydrogen) atoms. The van der Waals surface area contributed by atoms with E-state index < -0.39 is 0 Å². The van der Waals surface area contributed by atoms with Crippen LogP contribution < -0.4 is 5.32 Å². The lowest BCUT2D eigenvalue weighted by molar-refractivity contribution is 0.959. The van der Waals surface area contributed by atoms with Crippen molar-refractivity contribution in [1.82, 2.24) is 20.4 Å². The molecule has 2 aromatic heterocycles. The highest BCUT2D eigenvalue weighted by Gasteiger charge is 2.03. The largest absolute Gasteiger partial charge is 0.379 e. The lowest BCUT2D eigenvalue weighted by Gasteiger charge is -2.06. The summed E-state index contributed by atoms with van der Waals surface area (Å²) in [5, 5.41) is 14.1. The minimum absolute atomic E-state index is 0.745. The van der Waals surface area contributed by atoms with Gasteiger partial charge in [-0.15, -0.1) is 0 Å². The van der Waals surface area contributed by atoms with E-state index in [0.29, 0.717) is 0 Å². The smallest absolute Gasteiger partial charge is 0.136 e. The van der Waals surface area contributed by atoms with E-state index in [9.17, 15) is 0 Å². The molecule has 0 aliphatic carbocycles. The van der Waals surface area contributed by atoms with Gasteiger partial charge in [-0.2, -0.15) is 15.4 Å². The van der Waals surface area contributed by atoms with Crippen LogP contribution in [0.4, 0.5) is 5.69 Å². The number of benzene rings is 1. The third-order valence-electron chi connectivity index (χ3n) is 2.58. The van der Waals surface area contributed by atoms with Gasteiger partial charge in [0.2, 0.25) is 0 Å². The maximum absolute atomic E-state index is 4.12. The first-order valence-electron chi connectivity index (χ1n) is 5.36. The zero-order chi connectivity index (χ0) is 11.5. The van der Waals surface area contributed by atoms with Crippen molar-refractivity contribution >= 4 is 16.7 Å². The summed E-state index contributed by atoms with van der Waals surface area (Å²) < 4.78 is 0. The summed E-state index contributed by atoms with van der Waals surface area (Å²) in [5.74, 6) is 0. The minimum atomic E-state index is 0.745. The molecule has 0 aliphatic heterocycles. The number of aromatic amines is 1. The van der Waals surface area contributed by atoms with E-state index in [1.807, 2.05) is 30.3 Å². The van der Waals surface area contributed by atoms with Gasteiger partial charge in [-0.3, -0.25) is 4.98 Å². The number of para-hydroxylation sites is 1. The first-order chi connectivity index (χ1) is 8.43. The number of nitrogens with zero attached hydrogens (tertiary/aromatic N) is 3. The first-order valence-corrected chi connectivity index (χ1v) is 5.36. The summed E-state index contributed by atoms with van der Waals surface area (Å²) in [7, 11) is 0. The fourth-order valence-electron chi connectivity index (χ4n) is 1.71. The first kappa shape index (κ1) is 9.77. The SMILES string of the molecule is c1cc(NCc2ccncc2)c2n[nH]nc2c1. The normalized spacial score (nSPS) is 10.6. The molecule has 0 atom stereocenters. The number of fused-ring (bicyclic) bond motifs is 1. The molecule has 0 aliphatic rings. The third kappa shape index (κ3) is 1.94. The van der Waals surface area contributed by atoms with Gasteiger partial charge >= 0.3 is 0 Å². The van der Waals surface area contributed by atoms with Gasteiger partial charge in [0, 0.05) is 18.9 Å². The van der Waals surface area contributed by atoms with E-state index >= 15 is 0 Å². The highest BCUT2D eigenvalue weighted by atomic mass is 15.3. The average Bonchev–Trinajstić information content (AvgIpc) is 2.86. The molecule has 2 N–H and O–H groups in total. The topological polar surface area (TPSA) is 66.5 Å². The van der Waals surface area contributed by atoms with Crippen LogP contribution in [0.3, 0.4) is 0 Å². The minimum Gasteiger partial charge on any atom is -0.379 e. The molecule has 84 valence electrons. The van der Waals surface area contributed by atoms with Crippen LogP contribution >= 0.6 is 0 Å². The van der Waals surface area contributed by atoms with Crippen molar-refractivity contribution in [2.75, 3.05) is 5.32 Å². The molecule has 0 unspecified atom stereocenters. The van der Waals surface area contributed by atoms with Gasteiger partial charge in [0.15, 0.2) is 0 Å². The number of nitrogens with one attached hydrogen (secondary N) is 2. The second-order valence-corrected chi connectivity index (χ2v) is 3.71. The highest BCUT2D eigenvalue weighted by molar-refractivity contribution is 5.87. The fraction of sp³-hybridized carbons (Fsp3) is 0.0833. The third-order valence-corrected chi connectivity index (χ3v) is 2.58. The average molecular weight is 225 g/mol. The van der Waals surface area contributed by atoms with Crippen LogP contribution in [0.1, 0.15) is 5.56 Å². The van der Waals surface area contributed by atoms with Crippen molar-refractivity contribution in [2.45, 2.75) is 6.54 Å². The quantitative estimate of drug-likeness (QED) is 0.715. The Labute approximate surface area is 97.9 Å². The Hall–Kier alpha value is -2.43. The standard InChI is InChI=1S/C12H11N5/c1-2-10(12-11(3-1)15-17-16-12)14-8-9-4-6-13-7-5-9/h1-7,14H,8H2,(H,15,16,17). The van der Waals surface area contributed by atoms with Crippen molar-refractivity contribution < 1.29 is 0 Å². The van der Waals surface area contributed by atoms with E-state index in [1.54, 1.807) is 12.4 Å². The van der Waals surface area contributed by atoms with Crippen LogP contribution in [-0.2, 0) is 6.54 Å². The van der Waals surface area contributed by atoms with E-state index in [1.165, 1.54) is 5.56 Å². The van der Waals surface area contributed by atoms with Crippen molar-refractivity contribution in [3.05, 3.63) is 48.3 Å². The van der Waals surface area contributed by atoms with E-state index in [-0.39, 0.29) is 0 Å². The number of hydrogen-bond acceptors (Lipinski definition) is 4. The number of anilines is 1. The molecule has 0 fully saturated rings. The maximum atomic E-state index is 4.12. The van der Waals surface area contributed by atoms with Crippen LogP contribution in [-0.4, -0.2) is 20.4 Å². The van der Waals surface area contributed by atoms with Gasteiger partial charge in [-0.25, -0.2) is 0 Å². The number of H-pyrrole nitrogens is 1. The summed E-state index contributed by atoms with van der Waals surface area (Å²) in [5.41, 5.74) is 3.89. The monoisotopic (exact) mass is 225 g/mol. The molecule has 3 rings (SSSR count). The predicted molar refractivity (Wildman–Crippen MR) is 65.5 cm³/mol. The number of aromatic nitrogens is 4. The van der Waals surface area contributed by atoms with Crippen molar-refractivity contribution in [3.8, 4) is 0 Å². The van der Waals surface area contributed by atoms with Gasteiger partial charge in [-0.1, -0.05) is 6.07 Å². The second-order valence-electron chi connectivity index (χ2n) is 3.71. The van der Waals surface area contributed by atoms with E-state index in [2.05, 4.69) is 25.7 Å². The molecular weight excluding hydrogens is 214 g/mol. The van der Waals surface area contributed by atoms with Gasteiger partial charge in [-0.05, 0) is 29.8 Å². The number of rotatable bonds is 3. The molecule has 0 saturated carbocycles. The van der Waals surface area contributed by atoms with Crippen LogP contribution in [0.25, 0.3) is 11.0 Å². The van der Waals surface area contributed by atoms with Crippen LogP contribution in [0.5, 0.6) is 0 Å². The van der Waals surface area contributed by atoms with Crippen LogP contribution in [0, 0.1) is 0 Å². The molecule has 2 heterocycles. The molecule has 0 spiro atoms. The van der Waals surface area contributed by atoms with E-state index in [0.717, 1.165) is 23.3 Å². The van der Waals surface area contributed by atoms with Gasteiger partial charge in [0.05, 0.1) is 5.69 Å². The molecule has 5 heteroatoms. The Bertz CT molecular complexity index is 617. The molecule has 5 nitrogen and oxygen atoms in total. The molecule has 1 aromatic carbocycles. The zero-order valence-corrected chi connectivity index (χ0v) is 9.09. The molecule has 0 amide bonds. The summed E-state index contributed by atoms with van der Waals surface area (Å²) in [6.45, 7) is 0.745. The molecular formula is C12H11N5. The van der Waals surface area contributed by atoms with E-state index in [4.69, 9.17) is 0 Å². The number of hydrogen-bond donors (Lipinski definition) is 2. The Morgan fingerprint density at radius 3 is 2.82 bits per heavy atom. The van der Waals surface area contributed by atoms with Crippen molar-refractivity contribution in [1.29, 1.82) is 0 Å². The Kier molecular flexibility index (Phi) is 2.42. The molecule has 0 radical (unpaired) electrons. The number of pyridine rings is 1. The zero-order valence-electron chi connectivity index (χ0n) is 9.09.